The van der Waals surface area contributed by atoms with E-state index < -0.39 is 0 Å². The second-order valence-electron chi connectivity index (χ2n) is 8.87. The summed E-state index contributed by atoms with van der Waals surface area (Å²) in [5.41, 5.74) is 0. The van der Waals surface area contributed by atoms with Crippen LogP contribution in [0.4, 0.5) is 0 Å². The van der Waals surface area contributed by atoms with Crippen molar-refractivity contribution in [3.63, 3.8) is 0 Å². The van der Waals surface area contributed by atoms with Gasteiger partial charge in [-0.25, -0.2) is 0 Å². The monoisotopic (exact) mass is 427 g/mol. The molecule has 30 heavy (non-hydrogen) atoms. The van der Waals surface area contributed by atoms with Crippen LogP contribution in [0.2, 0.25) is 0 Å². The number of hydrogen-bond donors (Lipinski definition) is 2. The number of aliphatic hydroxyl groups is 1. The van der Waals surface area contributed by atoms with Crippen molar-refractivity contribution in [1.82, 2.24) is 5.32 Å². The number of unbranched alkanes of at least 4 members (excludes halogenated alkanes) is 13. The Kier molecular flexibility index (Phi) is 24.2. The zero-order chi connectivity index (χ0) is 22.1. The third-order valence-electron chi connectivity index (χ3n) is 5.93. The highest BCUT2D eigenvalue weighted by Gasteiger charge is 2.19. The number of nitrogens with one attached hydrogen (secondary N) is 1. The van der Waals surface area contributed by atoms with E-state index in [0.29, 0.717) is 13.2 Å². The summed E-state index contributed by atoms with van der Waals surface area (Å²) in [6, 6.07) is 0. The lowest BCUT2D eigenvalue weighted by Crippen LogP contribution is -2.19. The number of ether oxygens (including phenoxy) is 1. The maximum atomic E-state index is 12.6. The number of carbonyl (C=O) groups is 1. The average molecular weight is 428 g/mol. The fraction of sp³-hybridized carbons (Fsp3) is 0.962. The van der Waals surface area contributed by atoms with Crippen molar-refractivity contribution in [3.05, 3.63) is 0 Å². The van der Waals surface area contributed by atoms with Crippen molar-refractivity contribution in [2.24, 2.45) is 5.92 Å². The molecular formula is C26H53NO3. The molecule has 180 valence electrons. The van der Waals surface area contributed by atoms with E-state index in [1.807, 2.05) is 0 Å². The normalized spacial score (nSPS) is 12.2. The fourth-order valence-electron chi connectivity index (χ4n) is 3.92. The number of rotatable bonds is 24. The van der Waals surface area contributed by atoms with E-state index in [4.69, 9.17) is 9.84 Å². The van der Waals surface area contributed by atoms with Crippen LogP contribution >= 0.6 is 0 Å². The first-order valence-electron chi connectivity index (χ1n) is 13.2. The van der Waals surface area contributed by atoms with Crippen LogP contribution < -0.4 is 5.32 Å². The van der Waals surface area contributed by atoms with Crippen LogP contribution in [0.25, 0.3) is 0 Å². The Labute approximate surface area is 187 Å². The van der Waals surface area contributed by atoms with Crippen molar-refractivity contribution in [1.29, 1.82) is 0 Å². The van der Waals surface area contributed by atoms with Gasteiger partial charge in [0, 0.05) is 6.54 Å². The molecule has 0 aliphatic carbocycles. The highest BCUT2D eigenvalue weighted by atomic mass is 16.5. The Morgan fingerprint density at radius 1 is 0.700 bits per heavy atom. The summed E-state index contributed by atoms with van der Waals surface area (Å²) in [5.74, 6) is 0.189. The topological polar surface area (TPSA) is 58.6 Å². The van der Waals surface area contributed by atoms with Crippen LogP contribution in [0.15, 0.2) is 0 Å². The third-order valence-corrected chi connectivity index (χ3v) is 5.93. The van der Waals surface area contributed by atoms with Crippen LogP contribution in [-0.4, -0.2) is 37.4 Å². The molecule has 0 aliphatic rings. The predicted octanol–water partition coefficient (Wildman–Crippen LogP) is 6.79. The minimum absolute atomic E-state index is 0.0648. The van der Waals surface area contributed by atoms with Crippen molar-refractivity contribution in [2.45, 2.75) is 129 Å². The van der Waals surface area contributed by atoms with Gasteiger partial charge in [-0.2, -0.15) is 0 Å². The zero-order valence-corrected chi connectivity index (χ0v) is 20.4. The number of hydrogen-bond acceptors (Lipinski definition) is 4. The fourth-order valence-corrected chi connectivity index (χ4v) is 3.92. The molecule has 4 heteroatoms. The van der Waals surface area contributed by atoms with Crippen LogP contribution in [0.1, 0.15) is 129 Å². The molecule has 0 bridgehead atoms. The summed E-state index contributed by atoms with van der Waals surface area (Å²) in [4.78, 5) is 12.6. The van der Waals surface area contributed by atoms with Gasteiger partial charge in [-0.3, -0.25) is 4.79 Å². The van der Waals surface area contributed by atoms with E-state index in [1.165, 1.54) is 83.5 Å². The molecule has 4 nitrogen and oxygen atoms in total. The van der Waals surface area contributed by atoms with E-state index in [2.05, 4.69) is 19.2 Å². The Morgan fingerprint density at radius 2 is 1.20 bits per heavy atom. The quantitative estimate of drug-likeness (QED) is 0.131. The molecule has 0 aromatic rings. The van der Waals surface area contributed by atoms with Crippen molar-refractivity contribution in [3.8, 4) is 0 Å². The van der Waals surface area contributed by atoms with Crippen molar-refractivity contribution in [2.75, 3.05) is 26.3 Å². The molecule has 0 aliphatic heterocycles. The molecule has 1 atom stereocenters. The molecule has 0 fully saturated rings. The molecule has 0 saturated heterocycles. The van der Waals surface area contributed by atoms with E-state index in [1.54, 1.807) is 0 Å². The zero-order valence-electron chi connectivity index (χ0n) is 20.4. The van der Waals surface area contributed by atoms with Gasteiger partial charge in [0.15, 0.2) is 0 Å². The van der Waals surface area contributed by atoms with Crippen LogP contribution in [0.5, 0.6) is 0 Å². The molecule has 0 radical (unpaired) electrons. The van der Waals surface area contributed by atoms with Gasteiger partial charge in [-0.1, -0.05) is 104 Å². The lowest BCUT2D eigenvalue weighted by molar-refractivity contribution is -0.149. The summed E-state index contributed by atoms with van der Waals surface area (Å²) < 4.78 is 5.66. The summed E-state index contributed by atoms with van der Waals surface area (Å²) in [6.07, 6.45) is 21.7. The molecule has 0 aromatic carbocycles. The smallest absolute Gasteiger partial charge is 0.308 e. The third kappa shape index (κ3) is 20.7. The molecule has 0 amide bonds. The average Bonchev–Trinajstić information content (AvgIpc) is 2.75. The van der Waals surface area contributed by atoms with Crippen LogP contribution in [0.3, 0.4) is 0 Å². The van der Waals surface area contributed by atoms with E-state index >= 15 is 0 Å². The van der Waals surface area contributed by atoms with Crippen LogP contribution in [0, 0.1) is 5.92 Å². The van der Waals surface area contributed by atoms with E-state index in [-0.39, 0.29) is 18.5 Å². The molecule has 1 unspecified atom stereocenters. The second-order valence-corrected chi connectivity index (χ2v) is 8.87. The minimum Gasteiger partial charge on any atom is -0.465 e. The summed E-state index contributed by atoms with van der Waals surface area (Å²) in [5, 5.41) is 11.9. The highest BCUT2D eigenvalue weighted by Crippen LogP contribution is 2.20. The van der Waals surface area contributed by atoms with Gasteiger partial charge in [-0.15, -0.1) is 0 Å². The lowest BCUT2D eigenvalue weighted by atomic mass is 9.94. The van der Waals surface area contributed by atoms with Crippen molar-refractivity contribution >= 4 is 5.97 Å². The van der Waals surface area contributed by atoms with Gasteiger partial charge in [0.25, 0.3) is 0 Å². The minimum atomic E-state index is 0.0648. The Morgan fingerprint density at radius 3 is 1.80 bits per heavy atom. The molecule has 0 aromatic heterocycles. The van der Waals surface area contributed by atoms with E-state index in [0.717, 1.165) is 38.6 Å². The van der Waals surface area contributed by atoms with Gasteiger partial charge >= 0.3 is 5.97 Å². The molecule has 0 spiro atoms. The number of esters is 1. The molecule has 0 rings (SSSR count). The maximum Gasteiger partial charge on any atom is 0.308 e. The highest BCUT2D eigenvalue weighted by molar-refractivity contribution is 5.72. The summed E-state index contributed by atoms with van der Waals surface area (Å²) >= 11 is 0. The Hall–Kier alpha value is -0.610. The van der Waals surface area contributed by atoms with Gasteiger partial charge < -0.3 is 15.2 Å². The van der Waals surface area contributed by atoms with Crippen LogP contribution in [-0.2, 0) is 9.53 Å². The van der Waals surface area contributed by atoms with Gasteiger partial charge in [0.2, 0.25) is 0 Å². The predicted molar refractivity (Wildman–Crippen MR) is 129 cm³/mol. The van der Waals surface area contributed by atoms with Crippen molar-refractivity contribution < 1.29 is 14.6 Å². The SMILES string of the molecule is CCCCCCCCC(CCCCCC)C(=O)OCCCCCCCCNCCO. The molecule has 0 saturated carbocycles. The standard InChI is InChI=1S/C26H53NO3/c1-3-5-7-9-12-16-20-25(19-15-8-6-4-2)26(29)30-24-18-14-11-10-13-17-21-27-22-23-28/h25,27-28H,3-24H2,1-2H3. The first-order chi connectivity index (χ1) is 14.8. The number of carbonyl (C=O) groups excluding carboxylic acids is 1. The lowest BCUT2D eigenvalue weighted by Gasteiger charge is -2.16. The molecule has 2 N–H and O–H groups in total. The summed E-state index contributed by atoms with van der Waals surface area (Å²) in [7, 11) is 0. The molecule has 0 heterocycles. The largest absolute Gasteiger partial charge is 0.465 e. The Balaban J connectivity index is 3.84. The van der Waals surface area contributed by atoms with Gasteiger partial charge in [-0.05, 0) is 32.2 Å². The maximum absolute atomic E-state index is 12.6. The first-order valence-corrected chi connectivity index (χ1v) is 13.2. The summed E-state index contributed by atoms with van der Waals surface area (Å²) in [6.45, 7) is 6.99. The molecular weight excluding hydrogens is 374 g/mol. The first kappa shape index (κ1) is 29.4. The number of aliphatic hydroxyl groups excluding tert-OH is 1. The van der Waals surface area contributed by atoms with E-state index in [9.17, 15) is 4.79 Å². The van der Waals surface area contributed by atoms with Gasteiger partial charge in [0.1, 0.15) is 0 Å². The second kappa shape index (κ2) is 24.7. The Bertz CT molecular complexity index is 349. The van der Waals surface area contributed by atoms with Gasteiger partial charge in [0.05, 0.1) is 19.1 Å².